The molecule has 0 amide bonds. The molecular formula is C18H14F3N5O2. The van der Waals surface area contributed by atoms with Gasteiger partial charge in [-0.1, -0.05) is 0 Å². The number of alkyl halides is 3. The molecule has 0 aliphatic carbocycles. The van der Waals surface area contributed by atoms with Crippen molar-refractivity contribution in [1.82, 2.24) is 20.2 Å². The number of benzene rings is 2. The minimum atomic E-state index is -4.42. The van der Waals surface area contributed by atoms with E-state index in [0.717, 1.165) is 12.1 Å². The Hall–Kier alpha value is -3.61. The SMILES string of the molecule is CCOc1cc(C#N)ccc1OCc1nnnn1-c1ccc(C(F)(F)F)cc1. The number of halogens is 3. The van der Waals surface area contributed by atoms with E-state index in [4.69, 9.17) is 14.7 Å². The van der Waals surface area contributed by atoms with E-state index >= 15 is 0 Å². The largest absolute Gasteiger partial charge is 0.490 e. The van der Waals surface area contributed by atoms with Gasteiger partial charge in [-0.25, -0.2) is 0 Å². The van der Waals surface area contributed by atoms with E-state index in [9.17, 15) is 13.2 Å². The Bertz CT molecular complexity index is 994. The summed E-state index contributed by atoms with van der Waals surface area (Å²) in [5.41, 5.74) is 0.0212. The highest BCUT2D eigenvalue weighted by Gasteiger charge is 2.30. The van der Waals surface area contributed by atoms with Gasteiger partial charge in [-0.3, -0.25) is 0 Å². The Balaban J connectivity index is 1.79. The van der Waals surface area contributed by atoms with Crippen LogP contribution in [0.2, 0.25) is 0 Å². The zero-order valence-electron chi connectivity index (χ0n) is 14.6. The van der Waals surface area contributed by atoms with Crippen molar-refractivity contribution in [3.05, 3.63) is 59.4 Å². The highest BCUT2D eigenvalue weighted by atomic mass is 19.4. The predicted molar refractivity (Wildman–Crippen MR) is 90.8 cm³/mol. The fourth-order valence-corrected chi connectivity index (χ4v) is 2.40. The third kappa shape index (κ3) is 4.20. The zero-order valence-corrected chi connectivity index (χ0v) is 14.6. The molecule has 0 spiro atoms. The molecule has 0 aliphatic rings. The van der Waals surface area contributed by atoms with Gasteiger partial charge in [0.15, 0.2) is 23.9 Å². The minimum absolute atomic E-state index is 0.0556. The van der Waals surface area contributed by atoms with Crippen molar-refractivity contribution in [2.75, 3.05) is 6.61 Å². The highest BCUT2D eigenvalue weighted by Crippen LogP contribution is 2.30. The van der Waals surface area contributed by atoms with Crippen LogP contribution in [-0.4, -0.2) is 26.8 Å². The summed E-state index contributed by atoms with van der Waals surface area (Å²) in [6, 6.07) is 11.2. The third-order valence-electron chi connectivity index (χ3n) is 3.70. The maximum absolute atomic E-state index is 12.7. The lowest BCUT2D eigenvalue weighted by atomic mass is 10.2. The monoisotopic (exact) mass is 389 g/mol. The van der Waals surface area contributed by atoms with Crippen molar-refractivity contribution in [2.45, 2.75) is 19.7 Å². The van der Waals surface area contributed by atoms with Crippen molar-refractivity contribution in [3.63, 3.8) is 0 Å². The molecule has 1 aromatic heterocycles. The van der Waals surface area contributed by atoms with Crippen LogP contribution >= 0.6 is 0 Å². The average Bonchev–Trinajstić information content (AvgIpc) is 3.15. The van der Waals surface area contributed by atoms with Gasteiger partial charge in [-0.05, 0) is 53.7 Å². The van der Waals surface area contributed by atoms with Crippen molar-refractivity contribution in [3.8, 4) is 23.3 Å². The van der Waals surface area contributed by atoms with Crippen molar-refractivity contribution in [2.24, 2.45) is 0 Å². The second-order valence-corrected chi connectivity index (χ2v) is 5.55. The Morgan fingerprint density at radius 2 is 1.82 bits per heavy atom. The van der Waals surface area contributed by atoms with Crippen LogP contribution in [0.15, 0.2) is 42.5 Å². The molecule has 0 N–H and O–H groups in total. The number of ether oxygens (including phenoxy) is 2. The smallest absolute Gasteiger partial charge is 0.416 e. The van der Waals surface area contributed by atoms with Crippen LogP contribution in [-0.2, 0) is 12.8 Å². The number of aromatic nitrogens is 4. The summed E-state index contributed by atoms with van der Waals surface area (Å²) < 4.78 is 50.6. The van der Waals surface area contributed by atoms with Gasteiger partial charge >= 0.3 is 6.18 Å². The maximum Gasteiger partial charge on any atom is 0.416 e. The van der Waals surface area contributed by atoms with E-state index in [-0.39, 0.29) is 12.4 Å². The summed E-state index contributed by atoms with van der Waals surface area (Å²) in [7, 11) is 0. The molecule has 0 saturated carbocycles. The molecular weight excluding hydrogens is 375 g/mol. The summed E-state index contributed by atoms with van der Waals surface area (Å²) >= 11 is 0. The predicted octanol–water partition coefficient (Wildman–Crippen LogP) is 3.53. The van der Waals surface area contributed by atoms with Crippen molar-refractivity contribution < 1.29 is 22.6 Å². The van der Waals surface area contributed by atoms with E-state index in [1.807, 2.05) is 6.07 Å². The lowest BCUT2D eigenvalue weighted by Crippen LogP contribution is -2.09. The van der Waals surface area contributed by atoms with Gasteiger partial charge < -0.3 is 9.47 Å². The van der Waals surface area contributed by atoms with Crippen molar-refractivity contribution >= 4 is 0 Å². The first-order valence-electron chi connectivity index (χ1n) is 8.17. The minimum Gasteiger partial charge on any atom is -0.490 e. The Labute approximate surface area is 157 Å². The Morgan fingerprint density at radius 1 is 1.07 bits per heavy atom. The topological polar surface area (TPSA) is 85.8 Å². The molecule has 0 aliphatic heterocycles. The summed E-state index contributed by atoms with van der Waals surface area (Å²) in [6.07, 6.45) is -4.42. The molecule has 144 valence electrons. The van der Waals surface area contributed by atoms with Gasteiger partial charge in [0.25, 0.3) is 0 Å². The van der Waals surface area contributed by atoms with E-state index < -0.39 is 11.7 Å². The fourth-order valence-electron chi connectivity index (χ4n) is 2.40. The Morgan fingerprint density at radius 3 is 2.46 bits per heavy atom. The van der Waals surface area contributed by atoms with Crippen LogP contribution in [0.4, 0.5) is 13.2 Å². The lowest BCUT2D eigenvalue weighted by molar-refractivity contribution is -0.137. The molecule has 1 heterocycles. The van der Waals surface area contributed by atoms with Gasteiger partial charge in [0.05, 0.1) is 29.5 Å². The summed E-state index contributed by atoms with van der Waals surface area (Å²) in [5, 5.41) is 20.2. The molecule has 3 rings (SSSR count). The van der Waals surface area contributed by atoms with E-state index in [0.29, 0.717) is 29.4 Å². The van der Waals surface area contributed by atoms with Gasteiger partial charge in [-0.2, -0.15) is 23.1 Å². The van der Waals surface area contributed by atoms with E-state index in [1.54, 1.807) is 25.1 Å². The standard InChI is InChI=1S/C18H14F3N5O2/c1-2-27-16-9-12(10-22)3-8-15(16)28-11-17-23-24-25-26(17)14-6-4-13(5-7-14)18(19,20)21/h3-9H,2,11H2,1H3. The average molecular weight is 389 g/mol. The molecule has 2 aromatic carbocycles. The van der Waals surface area contributed by atoms with Crippen LogP contribution in [0.1, 0.15) is 23.9 Å². The first kappa shape index (κ1) is 19.2. The summed E-state index contributed by atoms with van der Waals surface area (Å²) in [5.74, 6) is 1.07. The van der Waals surface area contributed by atoms with Crippen LogP contribution in [0.25, 0.3) is 5.69 Å². The molecule has 3 aromatic rings. The first-order chi connectivity index (χ1) is 13.4. The second kappa shape index (κ2) is 7.96. The molecule has 0 bridgehead atoms. The van der Waals surface area contributed by atoms with Crippen LogP contribution in [0, 0.1) is 11.3 Å². The Kier molecular flexibility index (Phi) is 5.44. The number of rotatable bonds is 6. The fraction of sp³-hybridized carbons (Fsp3) is 0.222. The normalized spacial score (nSPS) is 11.1. The molecule has 10 heteroatoms. The van der Waals surface area contributed by atoms with E-state index in [2.05, 4.69) is 15.5 Å². The molecule has 0 unspecified atom stereocenters. The number of tetrazole rings is 1. The zero-order chi connectivity index (χ0) is 20.1. The van der Waals surface area contributed by atoms with Gasteiger partial charge in [0.2, 0.25) is 0 Å². The quantitative estimate of drug-likeness (QED) is 0.641. The molecule has 7 nitrogen and oxygen atoms in total. The van der Waals surface area contributed by atoms with Crippen LogP contribution < -0.4 is 9.47 Å². The van der Waals surface area contributed by atoms with E-state index in [1.165, 1.54) is 16.8 Å². The summed E-state index contributed by atoms with van der Waals surface area (Å²) in [6.45, 7) is 2.13. The van der Waals surface area contributed by atoms with Crippen LogP contribution in [0.5, 0.6) is 11.5 Å². The summed E-state index contributed by atoms with van der Waals surface area (Å²) in [4.78, 5) is 0. The van der Waals surface area contributed by atoms with Gasteiger partial charge in [0, 0.05) is 6.07 Å². The maximum atomic E-state index is 12.7. The van der Waals surface area contributed by atoms with Crippen LogP contribution in [0.3, 0.4) is 0 Å². The van der Waals surface area contributed by atoms with Crippen molar-refractivity contribution in [1.29, 1.82) is 5.26 Å². The molecule has 28 heavy (non-hydrogen) atoms. The molecule has 0 radical (unpaired) electrons. The highest BCUT2D eigenvalue weighted by molar-refractivity contribution is 5.46. The number of nitrogens with zero attached hydrogens (tertiary/aromatic N) is 5. The first-order valence-corrected chi connectivity index (χ1v) is 8.17. The molecule has 0 saturated heterocycles. The lowest BCUT2D eigenvalue weighted by Gasteiger charge is -2.12. The number of hydrogen-bond acceptors (Lipinski definition) is 6. The van der Waals surface area contributed by atoms with Gasteiger partial charge in [0.1, 0.15) is 0 Å². The number of hydrogen-bond donors (Lipinski definition) is 0. The molecule has 0 atom stereocenters. The van der Waals surface area contributed by atoms with Gasteiger partial charge in [-0.15, -0.1) is 5.10 Å². The number of nitriles is 1. The third-order valence-corrected chi connectivity index (χ3v) is 3.70. The second-order valence-electron chi connectivity index (χ2n) is 5.55. The molecule has 0 fully saturated rings.